The average Bonchev–Trinajstić information content (AvgIpc) is 2.25. The second-order valence-corrected chi connectivity index (χ2v) is 4.76. The van der Waals surface area contributed by atoms with Crippen molar-refractivity contribution in [3.8, 4) is 0 Å². The molecule has 0 saturated carbocycles. The highest BCUT2D eigenvalue weighted by Crippen LogP contribution is 2.31. The topological polar surface area (TPSA) is 29.3 Å². The zero-order valence-electron chi connectivity index (χ0n) is 9.93. The van der Waals surface area contributed by atoms with Crippen LogP contribution < -0.4 is 10.6 Å². The maximum atomic E-state index is 13.2. The molecular formula is C12H18BrFN2. The Hall–Kier alpha value is -0.770. The molecule has 1 aromatic rings. The van der Waals surface area contributed by atoms with Crippen LogP contribution in [0.2, 0.25) is 0 Å². The number of hydrogen-bond acceptors (Lipinski definition) is 2. The molecule has 2 N–H and O–H groups in total. The highest BCUT2D eigenvalue weighted by atomic mass is 79.9. The molecule has 0 aliphatic heterocycles. The second kappa shape index (κ2) is 5.53. The van der Waals surface area contributed by atoms with E-state index in [0.717, 1.165) is 18.5 Å². The summed E-state index contributed by atoms with van der Waals surface area (Å²) in [6.45, 7) is 4.28. The number of nitrogens with zero attached hydrogens (tertiary/aromatic N) is 1. The lowest BCUT2D eigenvalue weighted by Crippen LogP contribution is -2.31. The van der Waals surface area contributed by atoms with Crippen molar-refractivity contribution >= 4 is 27.3 Å². The summed E-state index contributed by atoms with van der Waals surface area (Å²) < 4.78 is 13.7. The highest BCUT2D eigenvalue weighted by molar-refractivity contribution is 9.10. The van der Waals surface area contributed by atoms with Crippen LogP contribution in [0, 0.1) is 5.82 Å². The van der Waals surface area contributed by atoms with E-state index in [1.165, 1.54) is 6.07 Å². The molecule has 0 atom stereocenters. The third kappa shape index (κ3) is 2.67. The van der Waals surface area contributed by atoms with Gasteiger partial charge in [-0.25, -0.2) is 4.39 Å². The fourth-order valence-electron chi connectivity index (χ4n) is 1.89. The van der Waals surface area contributed by atoms with Crippen LogP contribution in [-0.4, -0.2) is 13.1 Å². The number of benzene rings is 1. The first-order chi connectivity index (χ1) is 7.51. The minimum absolute atomic E-state index is 0.320. The molecule has 0 aliphatic carbocycles. The van der Waals surface area contributed by atoms with Crippen LogP contribution in [0.5, 0.6) is 0 Å². The summed E-state index contributed by atoms with van der Waals surface area (Å²) in [4.78, 5) is 2.11. The maximum Gasteiger partial charge on any atom is 0.139 e. The largest absolute Gasteiger partial charge is 0.397 e. The van der Waals surface area contributed by atoms with Crippen LogP contribution in [0.15, 0.2) is 16.6 Å². The smallest absolute Gasteiger partial charge is 0.139 e. The normalized spacial score (nSPS) is 10.9. The predicted octanol–water partition coefficient (Wildman–Crippen LogP) is 3.80. The van der Waals surface area contributed by atoms with Crippen molar-refractivity contribution in [3.05, 3.63) is 22.4 Å². The molecule has 0 bridgehead atoms. The Kier molecular flexibility index (Phi) is 4.59. The van der Waals surface area contributed by atoms with Crippen molar-refractivity contribution < 1.29 is 4.39 Å². The van der Waals surface area contributed by atoms with E-state index in [1.807, 2.05) is 7.05 Å². The quantitative estimate of drug-likeness (QED) is 0.854. The Labute approximate surface area is 105 Å². The van der Waals surface area contributed by atoms with Crippen LogP contribution >= 0.6 is 15.9 Å². The Balaban J connectivity index is 3.07. The summed E-state index contributed by atoms with van der Waals surface area (Å²) in [5.74, 6) is -0.320. The molecule has 1 aromatic carbocycles. The van der Waals surface area contributed by atoms with E-state index in [-0.39, 0.29) is 5.82 Å². The Morgan fingerprint density at radius 1 is 1.38 bits per heavy atom. The van der Waals surface area contributed by atoms with Gasteiger partial charge in [-0.15, -0.1) is 0 Å². The van der Waals surface area contributed by atoms with Crippen molar-refractivity contribution in [1.82, 2.24) is 0 Å². The van der Waals surface area contributed by atoms with Crippen LogP contribution in [0.3, 0.4) is 0 Å². The number of halogens is 2. The van der Waals surface area contributed by atoms with E-state index in [4.69, 9.17) is 5.73 Å². The van der Waals surface area contributed by atoms with Gasteiger partial charge in [0.05, 0.1) is 15.8 Å². The minimum atomic E-state index is -0.320. The number of anilines is 2. The number of nitrogen functional groups attached to an aromatic ring is 1. The van der Waals surface area contributed by atoms with E-state index >= 15 is 0 Å². The van der Waals surface area contributed by atoms with Gasteiger partial charge in [-0.2, -0.15) is 0 Å². The molecule has 0 aromatic heterocycles. The van der Waals surface area contributed by atoms with Crippen LogP contribution in [0.1, 0.15) is 26.7 Å². The molecule has 90 valence electrons. The molecular weight excluding hydrogens is 271 g/mol. The fourth-order valence-corrected chi connectivity index (χ4v) is 2.22. The standard InChI is InChI=1S/C12H18BrFN2/c1-4-8(5-2)16(3)12-6-9(13)10(14)7-11(12)15/h6-8H,4-5,15H2,1-3H3. The van der Waals surface area contributed by atoms with Crippen molar-refractivity contribution in [2.45, 2.75) is 32.7 Å². The maximum absolute atomic E-state index is 13.2. The van der Waals surface area contributed by atoms with Gasteiger partial charge in [-0.3, -0.25) is 0 Å². The molecule has 0 unspecified atom stereocenters. The molecule has 0 aliphatic rings. The summed E-state index contributed by atoms with van der Waals surface area (Å²) >= 11 is 3.18. The van der Waals surface area contributed by atoms with Gasteiger partial charge in [0.15, 0.2) is 0 Å². The van der Waals surface area contributed by atoms with E-state index in [2.05, 4.69) is 34.7 Å². The lowest BCUT2D eigenvalue weighted by Gasteiger charge is -2.29. The van der Waals surface area contributed by atoms with Gasteiger partial charge >= 0.3 is 0 Å². The van der Waals surface area contributed by atoms with E-state index in [9.17, 15) is 4.39 Å². The van der Waals surface area contributed by atoms with Gasteiger partial charge in [0, 0.05) is 19.2 Å². The van der Waals surface area contributed by atoms with Crippen LogP contribution in [-0.2, 0) is 0 Å². The number of nitrogens with two attached hydrogens (primary N) is 1. The third-order valence-corrected chi connectivity index (χ3v) is 3.55. The molecule has 2 nitrogen and oxygen atoms in total. The van der Waals surface area contributed by atoms with Crippen molar-refractivity contribution in [3.63, 3.8) is 0 Å². The molecule has 0 fully saturated rings. The predicted molar refractivity (Wildman–Crippen MR) is 71.3 cm³/mol. The monoisotopic (exact) mass is 288 g/mol. The van der Waals surface area contributed by atoms with Gasteiger partial charge in [-0.1, -0.05) is 13.8 Å². The summed E-state index contributed by atoms with van der Waals surface area (Å²) in [6.07, 6.45) is 2.09. The summed E-state index contributed by atoms with van der Waals surface area (Å²) in [6, 6.07) is 3.53. The van der Waals surface area contributed by atoms with Gasteiger partial charge in [-0.05, 0) is 34.8 Å². The zero-order valence-corrected chi connectivity index (χ0v) is 11.5. The molecule has 16 heavy (non-hydrogen) atoms. The lowest BCUT2D eigenvalue weighted by molar-refractivity contribution is 0.589. The fraction of sp³-hybridized carbons (Fsp3) is 0.500. The van der Waals surface area contributed by atoms with E-state index in [1.54, 1.807) is 6.07 Å². The molecule has 0 radical (unpaired) electrons. The van der Waals surface area contributed by atoms with Gasteiger partial charge in [0.2, 0.25) is 0 Å². The lowest BCUT2D eigenvalue weighted by atomic mass is 10.1. The second-order valence-electron chi connectivity index (χ2n) is 3.91. The summed E-state index contributed by atoms with van der Waals surface area (Å²) in [5.41, 5.74) is 7.19. The number of rotatable bonds is 4. The van der Waals surface area contributed by atoms with E-state index < -0.39 is 0 Å². The SMILES string of the molecule is CCC(CC)N(C)c1cc(Br)c(F)cc1N. The van der Waals surface area contributed by atoms with Gasteiger partial charge < -0.3 is 10.6 Å². The highest BCUT2D eigenvalue weighted by Gasteiger charge is 2.15. The summed E-state index contributed by atoms with van der Waals surface area (Å²) in [5, 5.41) is 0. The van der Waals surface area contributed by atoms with E-state index in [0.29, 0.717) is 16.2 Å². The molecule has 0 saturated heterocycles. The molecule has 0 amide bonds. The first-order valence-corrected chi connectivity index (χ1v) is 6.27. The molecule has 4 heteroatoms. The third-order valence-electron chi connectivity index (χ3n) is 2.94. The number of hydrogen-bond donors (Lipinski definition) is 1. The molecule has 0 heterocycles. The Morgan fingerprint density at radius 2 is 1.94 bits per heavy atom. The van der Waals surface area contributed by atoms with Crippen molar-refractivity contribution in [2.75, 3.05) is 17.7 Å². The van der Waals surface area contributed by atoms with Crippen LogP contribution in [0.25, 0.3) is 0 Å². The molecule has 1 rings (SSSR count). The van der Waals surface area contributed by atoms with Crippen molar-refractivity contribution in [1.29, 1.82) is 0 Å². The van der Waals surface area contributed by atoms with Gasteiger partial charge in [0.25, 0.3) is 0 Å². The first kappa shape index (κ1) is 13.3. The first-order valence-electron chi connectivity index (χ1n) is 5.48. The zero-order chi connectivity index (χ0) is 12.3. The molecule has 0 spiro atoms. The Morgan fingerprint density at radius 3 is 2.44 bits per heavy atom. The van der Waals surface area contributed by atoms with Crippen LogP contribution in [0.4, 0.5) is 15.8 Å². The minimum Gasteiger partial charge on any atom is -0.397 e. The Bertz CT molecular complexity index is 364. The summed E-state index contributed by atoms with van der Waals surface area (Å²) in [7, 11) is 1.99. The van der Waals surface area contributed by atoms with Gasteiger partial charge in [0.1, 0.15) is 5.82 Å². The van der Waals surface area contributed by atoms with Crippen molar-refractivity contribution in [2.24, 2.45) is 0 Å². The average molecular weight is 289 g/mol.